The third kappa shape index (κ3) is 1.95. The standard InChI is InChI=1S/C6H6ClN2O2S/c7-5-1-3-6(4-2-5)12(10,11)9-8/h1-4H,8H2. The second-order valence-electron chi connectivity index (χ2n) is 2.03. The van der Waals surface area contributed by atoms with Crippen molar-refractivity contribution in [2.75, 3.05) is 0 Å². The van der Waals surface area contributed by atoms with Gasteiger partial charge in [0, 0.05) is 5.02 Å². The van der Waals surface area contributed by atoms with Crippen molar-refractivity contribution in [3.05, 3.63) is 29.3 Å². The largest absolute Gasteiger partial charge is 0.271 e. The molecule has 0 amide bonds. The Kier molecular flexibility index (Phi) is 2.69. The lowest BCUT2D eigenvalue weighted by molar-refractivity contribution is 0.583. The Morgan fingerprint density at radius 1 is 1.25 bits per heavy atom. The predicted molar refractivity (Wildman–Crippen MR) is 45.0 cm³/mol. The third-order valence-corrected chi connectivity index (χ3v) is 2.65. The molecule has 1 rings (SSSR count). The Morgan fingerprint density at radius 3 is 2.17 bits per heavy atom. The molecule has 0 fully saturated rings. The Bertz CT molecular complexity index is 360. The SMILES string of the molecule is N[N]S(=O)(=O)c1ccc(Cl)cc1. The Labute approximate surface area is 75.4 Å². The van der Waals surface area contributed by atoms with E-state index < -0.39 is 10.0 Å². The molecule has 0 heterocycles. The van der Waals surface area contributed by atoms with Gasteiger partial charge in [0.1, 0.15) is 0 Å². The molecule has 1 radical (unpaired) electrons. The van der Waals surface area contributed by atoms with Gasteiger partial charge in [0.15, 0.2) is 0 Å². The van der Waals surface area contributed by atoms with Crippen LogP contribution < -0.4 is 10.7 Å². The van der Waals surface area contributed by atoms with Crippen LogP contribution in [0.25, 0.3) is 0 Å². The van der Waals surface area contributed by atoms with Gasteiger partial charge >= 0.3 is 0 Å². The highest BCUT2D eigenvalue weighted by Gasteiger charge is 2.11. The summed E-state index contributed by atoms with van der Waals surface area (Å²) in [7, 11) is -3.67. The molecule has 0 bridgehead atoms. The second kappa shape index (κ2) is 3.40. The van der Waals surface area contributed by atoms with E-state index in [1.807, 2.05) is 0 Å². The number of nitrogens with zero attached hydrogens (tertiary/aromatic N) is 1. The number of rotatable bonds is 2. The molecule has 0 spiro atoms. The van der Waals surface area contributed by atoms with E-state index >= 15 is 0 Å². The summed E-state index contributed by atoms with van der Waals surface area (Å²) < 4.78 is 22.0. The Balaban J connectivity index is 3.14. The molecule has 6 heteroatoms. The van der Waals surface area contributed by atoms with Crippen molar-refractivity contribution in [2.24, 2.45) is 5.84 Å². The molecular formula is C6H6ClN2O2S. The number of hydrogen-bond donors (Lipinski definition) is 1. The van der Waals surface area contributed by atoms with Crippen LogP contribution in [0.4, 0.5) is 0 Å². The van der Waals surface area contributed by atoms with Crippen LogP contribution in [0.1, 0.15) is 0 Å². The van der Waals surface area contributed by atoms with Crippen molar-refractivity contribution in [1.29, 1.82) is 0 Å². The van der Waals surface area contributed by atoms with Gasteiger partial charge in [-0.15, -0.1) is 0 Å². The molecule has 0 unspecified atom stereocenters. The maximum atomic E-state index is 11.0. The van der Waals surface area contributed by atoms with Gasteiger partial charge in [-0.25, -0.2) is 14.3 Å². The first kappa shape index (κ1) is 9.47. The maximum absolute atomic E-state index is 11.0. The van der Waals surface area contributed by atoms with Crippen LogP contribution in [0, 0.1) is 0 Å². The first-order valence-electron chi connectivity index (χ1n) is 2.99. The fraction of sp³-hybridized carbons (Fsp3) is 0. The van der Waals surface area contributed by atoms with Crippen molar-refractivity contribution >= 4 is 21.6 Å². The second-order valence-corrected chi connectivity index (χ2v) is 4.10. The van der Waals surface area contributed by atoms with Crippen LogP contribution in [0.15, 0.2) is 29.2 Å². The summed E-state index contributed by atoms with van der Waals surface area (Å²) in [6, 6.07) is 5.60. The van der Waals surface area contributed by atoms with Crippen LogP contribution in [0.5, 0.6) is 0 Å². The molecule has 0 aromatic heterocycles. The predicted octanol–water partition coefficient (Wildman–Crippen LogP) is 0.507. The van der Waals surface area contributed by atoms with E-state index in [1.165, 1.54) is 24.3 Å². The lowest BCUT2D eigenvalue weighted by Crippen LogP contribution is -2.22. The van der Waals surface area contributed by atoms with E-state index in [9.17, 15) is 8.42 Å². The molecule has 4 nitrogen and oxygen atoms in total. The molecule has 1 aromatic rings. The average Bonchev–Trinajstić information content (AvgIpc) is 2.05. The van der Waals surface area contributed by atoms with Crippen molar-refractivity contribution in [3.8, 4) is 0 Å². The van der Waals surface area contributed by atoms with Crippen molar-refractivity contribution in [2.45, 2.75) is 4.90 Å². The highest BCUT2D eigenvalue weighted by atomic mass is 35.5. The van der Waals surface area contributed by atoms with Gasteiger partial charge in [0.25, 0.3) is 10.0 Å². The highest BCUT2D eigenvalue weighted by Crippen LogP contribution is 2.13. The first-order chi connectivity index (χ1) is 5.56. The fourth-order valence-corrected chi connectivity index (χ4v) is 1.40. The molecule has 0 aliphatic rings. The summed E-state index contributed by atoms with van der Waals surface area (Å²) >= 11 is 5.55. The van der Waals surface area contributed by atoms with Gasteiger partial charge in [-0.05, 0) is 29.1 Å². The summed E-state index contributed by atoms with van der Waals surface area (Å²) in [4.78, 5) is 2.79. The van der Waals surface area contributed by atoms with E-state index in [0.29, 0.717) is 5.02 Å². The number of halogens is 1. The van der Waals surface area contributed by atoms with Crippen LogP contribution in [0.3, 0.4) is 0 Å². The van der Waals surface area contributed by atoms with Gasteiger partial charge in [0.2, 0.25) is 0 Å². The molecule has 0 saturated carbocycles. The van der Waals surface area contributed by atoms with E-state index in [1.54, 1.807) is 0 Å². The average molecular weight is 206 g/mol. The molecule has 0 saturated heterocycles. The van der Waals surface area contributed by atoms with Crippen LogP contribution in [-0.4, -0.2) is 8.42 Å². The fourth-order valence-electron chi connectivity index (χ4n) is 0.667. The van der Waals surface area contributed by atoms with Gasteiger partial charge in [-0.2, -0.15) is 0 Å². The van der Waals surface area contributed by atoms with Crippen molar-refractivity contribution in [1.82, 2.24) is 4.83 Å². The van der Waals surface area contributed by atoms with E-state index in [0.717, 1.165) is 0 Å². The van der Waals surface area contributed by atoms with Crippen LogP contribution in [-0.2, 0) is 10.0 Å². The van der Waals surface area contributed by atoms with Gasteiger partial charge < -0.3 is 0 Å². The molecule has 0 aliphatic carbocycles. The third-order valence-electron chi connectivity index (χ3n) is 1.25. The van der Waals surface area contributed by atoms with Gasteiger partial charge in [-0.3, -0.25) is 0 Å². The van der Waals surface area contributed by atoms with E-state index in [-0.39, 0.29) is 4.90 Å². The Morgan fingerprint density at radius 2 is 1.75 bits per heavy atom. The monoisotopic (exact) mass is 205 g/mol. The van der Waals surface area contributed by atoms with Gasteiger partial charge in [0.05, 0.1) is 4.90 Å². The molecule has 65 valence electrons. The quantitative estimate of drug-likeness (QED) is 0.565. The zero-order valence-corrected chi connectivity index (χ0v) is 7.51. The summed E-state index contributed by atoms with van der Waals surface area (Å²) in [6.45, 7) is 0. The summed E-state index contributed by atoms with van der Waals surface area (Å²) in [6.07, 6.45) is 0. The zero-order chi connectivity index (χ0) is 9.19. The summed E-state index contributed by atoms with van der Waals surface area (Å²) in [5, 5.41) is 0.464. The molecule has 2 N–H and O–H groups in total. The number of nitrogens with two attached hydrogens (primary N) is 1. The van der Waals surface area contributed by atoms with Crippen molar-refractivity contribution < 1.29 is 8.42 Å². The normalized spacial score (nSPS) is 11.5. The topological polar surface area (TPSA) is 74.3 Å². The number of benzene rings is 1. The van der Waals surface area contributed by atoms with Gasteiger partial charge in [-0.1, -0.05) is 11.6 Å². The number of hydrogen-bond acceptors (Lipinski definition) is 3. The van der Waals surface area contributed by atoms with Crippen molar-refractivity contribution in [3.63, 3.8) is 0 Å². The molecule has 1 aromatic carbocycles. The lowest BCUT2D eigenvalue weighted by Gasteiger charge is -1.98. The zero-order valence-electron chi connectivity index (χ0n) is 5.94. The highest BCUT2D eigenvalue weighted by molar-refractivity contribution is 7.89. The first-order valence-corrected chi connectivity index (χ1v) is 4.81. The molecule has 0 aliphatic heterocycles. The lowest BCUT2D eigenvalue weighted by atomic mass is 10.4. The summed E-state index contributed by atoms with van der Waals surface area (Å²) in [5.41, 5.74) is 0. The minimum absolute atomic E-state index is 0.0365. The van der Waals surface area contributed by atoms with E-state index in [4.69, 9.17) is 11.6 Å². The maximum Gasteiger partial charge on any atom is 0.271 e. The van der Waals surface area contributed by atoms with Crippen LogP contribution >= 0.6 is 11.6 Å². The van der Waals surface area contributed by atoms with Crippen LogP contribution in [0.2, 0.25) is 5.02 Å². The smallest absolute Gasteiger partial charge is 0.238 e. The molecule has 12 heavy (non-hydrogen) atoms. The minimum atomic E-state index is -3.67. The Hall–Kier alpha value is -0.620. The summed E-state index contributed by atoms with van der Waals surface area (Å²) in [5.74, 6) is 4.68. The van der Waals surface area contributed by atoms with E-state index in [2.05, 4.69) is 10.7 Å². The molecular weight excluding hydrogens is 200 g/mol. The molecule has 0 atom stereocenters. The number of sulfonamides is 1. The minimum Gasteiger partial charge on any atom is -0.238 e.